The van der Waals surface area contributed by atoms with Crippen molar-refractivity contribution in [2.45, 2.75) is 32.7 Å². The summed E-state index contributed by atoms with van der Waals surface area (Å²) in [6.07, 6.45) is 0.956. The number of rotatable bonds is 5. The predicted octanol–water partition coefficient (Wildman–Crippen LogP) is 1.64. The van der Waals surface area contributed by atoms with Gasteiger partial charge in [-0.05, 0) is 32.4 Å². The van der Waals surface area contributed by atoms with Crippen LogP contribution in [0.5, 0.6) is 11.5 Å². The van der Waals surface area contributed by atoms with Gasteiger partial charge in [0, 0.05) is 45.2 Å². The van der Waals surface area contributed by atoms with Crippen molar-refractivity contribution in [3.8, 4) is 11.5 Å². The summed E-state index contributed by atoms with van der Waals surface area (Å²) in [7, 11) is 3.05. The van der Waals surface area contributed by atoms with E-state index in [-0.39, 0.29) is 36.1 Å². The van der Waals surface area contributed by atoms with E-state index in [4.69, 9.17) is 9.47 Å². The Hall–Kier alpha value is -2.77. The van der Waals surface area contributed by atoms with Gasteiger partial charge in [0.15, 0.2) is 0 Å². The third kappa shape index (κ3) is 4.37. The molecular formula is C22H31N3O5. The van der Waals surface area contributed by atoms with Crippen molar-refractivity contribution in [3.63, 3.8) is 0 Å². The number of benzene rings is 1. The fourth-order valence-electron chi connectivity index (χ4n) is 4.22. The number of ether oxygens (including phenoxy) is 2. The maximum absolute atomic E-state index is 13.2. The number of nitrogens with zero attached hydrogens (tertiary/aromatic N) is 3. The molecule has 164 valence electrons. The zero-order chi connectivity index (χ0) is 21.8. The molecule has 1 aromatic rings. The Bertz CT molecular complexity index is 788. The van der Waals surface area contributed by atoms with E-state index in [9.17, 15) is 14.4 Å². The normalized spacial score (nSPS) is 19.8. The summed E-state index contributed by atoms with van der Waals surface area (Å²) in [6, 6.07) is 5.35. The SMILES string of the molecule is COc1cccc(OC)c1C(=O)N1CCCN(C(=O)C2CC(=O)N(C(C)C)C2)CC1. The highest BCUT2D eigenvalue weighted by Gasteiger charge is 2.38. The van der Waals surface area contributed by atoms with E-state index in [1.165, 1.54) is 14.2 Å². The maximum Gasteiger partial charge on any atom is 0.261 e. The van der Waals surface area contributed by atoms with Crippen LogP contribution < -0.4 is 9.47 Å². The quantitative estimate of drug-likeness (QED) is 0.728. The van der Waals surface area contributed by atoms with Crippen LogP contribution in [-0.4, -0.2) is 85.4 Å². The lowest BCUT2D eigenvalue weighted by Crippen LogP contribution is -2.41. The second-order valence-corrected chi connectivity index (χ2v) is 8.05. The zero-order valence-corrected chi connectivity index (χ0v) is 18.2. The van der Waals surface area contributed by atoms with Crippen LogP contribution in [-0.2, 0) is 9.59 Å². The van der Waals surface area contributed by atoms with Crippen LogP contribution in [0.3, 0.4) is 0 Å². The summed E-state index contributed by atoms with van der Waals surface area (Å²) in [5.74, 6) is 0.524. The molecule has 3 rings (SSSR count). The van der Waals surface area contributed by atoms with Crippen LogP contribution >= 0.6 is 0 Å². The average molecular weight is 418 g/mol. The minimum Gasteiger partial charge on any atom is -0.496 e. The molecule has 0 saturated carbocycles. The van der Waals surface area contributed by atoms with Crippen LogP contribution in [0.15, 0.2) is 18.2 Å². The molecule has 30 heavy (non-hydrogen) atoms. The van der Waals surface area contributed by atoms with Gasteiger partial charge >= 0.3 is 0 Å². The van der Waals surface area contributed by atoms with Crippen molar-refractivity contribution in [1.29, 1.82) is 0 Å². The Balaban J connectivity index is 1.68. The molecule has 2 fully saturated rings. The number of methoxy groups -OCH3 is 2. The lowest BCUT2D eigenvalue weighted by atomic mass is 10.1. The van der Waals surface area contributed by atoms with Gasteiger partial charge in [-0.15, -0.1) is 0 Å². The molecule has 0 N–H and O–H groups in total. The molecule has 2 saturated heterocycles. The molecule has 2 heterocycles. The minimum absolute atomic E-state index is 0.00988. The monoisotopic (exact) mass is 417 g/mol. The van der Waals surface area contributed by atoms with E-state index in [1.54, 1.807) is 32.9 Å². The Morgan fingerprint density at radius 1 is 1.00 bits per heavy atom. The molecule has 8 nitrogen and oxygen atoms in total. The smallest absolute Gasteiger partial charge is 0.261 e. The van der Waals surface area contributed by atoms with Crippen molar-refractivity contribution in [1.82, 2.24) is 14.7 Å². The number of carbonyl (C=O) groups is 3. The van der Waals surface area contributed by atoms with Gasteiger partial charge in [0.1, 0.15) is 17.1 Å². The lowest BCUT2D eigenvalue weighted by molar-refractivity contribution is -0.135. The van der Waals surface area contributed by atoms with Gasteiger partial charge < -0.3 is 24.2 Å². The highest BCUT2D eigenvalue weighted by molar-refractivity contribution is 5.99. The Morgan fingerprint density at radius 3 is 2.17 bits per heavy atom. The van der Waals surface area contributed by atoms with Gasteiger partial charge in [0.05, 0.1) is 20.1 Å². The molecule has 0 radical (unpaired) electrons. The highest BCUT2D eigenvalue weighted by atomic mass is 16.5. The minimum atomic E-state index is -0.295. The first-order valence-electron chi connectivity index (χ1n) is 10.5. The molecule has 0 spiro atoms. The summed E-state index contributed by atoms with van der Waals surface area (Å²) in [5.41, 5.74) is 0.399. The highest BCUT2D eigenvalue weighted by Crippen LogP contribution is 2.30. The van der Waals surface area contributed by atoms with Crippen LogP contribution in [0.2, 0.25) is 0 Å². The first-order valence-corrected chi connectivity index (χ1v) is 10.5. The van der Waals surface area contributed by atoms with Crippen LogP contribution in [0, 0.1) is 5.92 Å². The van der Waals surface area contributed by atoms with Gasteiger partial charge in [-0.1, -0.05) is 6.07 Å². The van der Waals surface area contributed by atoms with Gasteiger partial charge in [-0.3, -0.25) is 14.4 Å². The average Bonchev–Trinajstić information content (AvgIpc) is 2.97. The first-order chi connectivity index (χ1) is 14.4. The predicted molar refractivity (Wildman–Crippen MR) is 112 cm³/mol. The molecule has 1 unspecified atom stereocenters. The molecule has 2 aliphatic rings. The maximum atomic E-state index is 13.2. The van der Waals surface area contributed by atoms with Crippen molar-refractivity contribution >= 4 is 17.7 Å². The summed E-state index contributed by atoms with van der Waals surface area (Å²) >= 11 is 0. The molecule has 0 bridgehead atoms. The summed E-state index contributed by atoms with van der Waals surface area (Å²) in [4.78, 5) is 43.7. The molecule has 1 atom stereocenters. The molecule has 3 amide bonds. The fraction of sp³-hybridized carbons (Fsp3) is 0.591. The van der Waals surface area contributed by atoms with E-state index in [1.807, 2.05) is 13.8 Å². The van der Waals surface area contributed by atoms with E-state index in [0.29, 0.717) is 56.2 Å². The lowest BCUT2D eigenvalue weighted by Gasteiger charge is -2.26. The third-order valence-electron chi connectivity index (χ3n) is 5.87. The fourth-order valence-corrected chi connectivity index (χ4v) is 4.22. The summed E-state index contributed by atoms with van der Waals surface area (Å²) < 4.78 is 10.7. The van der Waals surface area contributed by atoms with Crippen molar-refractivity contribution in [2.24, 2.45) is 5.92 Å². The first kappa shape index (κ1) is 21.9. The van der Waals surface area contributed by atoms with Gasteiger partial charge in [0.25, 0.3) is 5.91 Å². The van der Waals surface area contributed by atoms with E-state index in [2.05, 4.69) is 0 Å². The van der Waals surface area contributed by atoms with Crippen molar-refractivity contribution < 1.29 is 23.9 Å². The van der Waals surface area contributed by atoms with Crippen molar-refractivity contribution in [3.05, 3.63) is 23.8 Å². The molecule has 2 aliphatic heterocycles. The van der Waals surface area contributed by atoms with Crippen LogP contribution in [0.1, 0.15) is 37.0 Å². The summed E-state index contributed by atoms with van der Waals surface area (Å²) in [5, 5.41) is 0. The number of hydrogen-bond acceptors (Lipinski definition) is 5. The topological polar surface area (TPSA) is 79.4 Å². The van der Waals surface area contributed by atoms with Gasteiger partial charge in [-0.2, -0.15) is 0 Å². The number of likely N-dealkylation sites (tertiary alicyclic amines) is 1. The number of hydrogen-bond donors (Lipinski definition) is 0. The summed E-state index contributed by atoms with van der Waals surface area (Å²) in [6.45, 7) is 6.42. The Labute approximate surface area is 177 Å². The largest absolute Gasteiger partial charge is 0.496 e. The number of amides is 3. The molecule has 1 aromatic carbocycles. The zero-order valence-electron chi connectivity index (χ0n) is 18.2. The van der Waals surface area contributed by atoms with E-state index >= 15 is 0 Å². The van der Waals surface area contributed by atoms with Crippen LogP contribution in [0.4, 0.5) is 0 Å². The molecule has 8 heteroatoms. The van der Waals surface area contributed by atoms with Crippen molar-refractivity contribution in [2.75, 3.05) is 46.9 Å². The van der Waals surface area contributed by atoms with Gasteiger partial charge in [0.2, 0.25) is 11.8 Å². The second kappa shape index (κ2) is 9.36. The molecule has 0 aromatic heterocycles. The third-order valence-corrected chi connectivity index (χ3v) is 5.87. The van der Waals surface area contributed by atoms with E-state index in [0.717, 1.165) is 0 Å². The molecular weight excluding hydrogens is 386 g/mol. The van der Waals surface area contributed by atoms with Crippen LogP contribution in [0.25, 0.3) is 0 Å². The standard InChI is InChI=1S/C22H31N3O5/c1-15(2)25-14-16(13-19(25)26)21(27)23-9-6-10-24(12-11-23)22(28)20-17(29-3)7-5-8-18(20)30-4/h5,7-8,15-16H,6,9-14H2,1-4H3. The second-order valence-electron chi connectivity index (χ2n) is 8.05. The Morgan fingerprint density at radius 2 is 1.60 bits per heavy atom. The van der Waals surface area contributed by atoms with Gasteiger partial charge in [-0.25, -0.2) is 0 Å². The van der Waals surface area contributed by atoms with E-state index < -0.39 is 0 Å². The molecule has 0 aliphatic carbocycles. The number of carbonyl (C=O) groups excluding carboxylic acids is 3. The Kier molecular flexibility index (Phi) is 6.84.